The van der Waals surface area contributed by atoms with Crippen LogP contribution in [0.2, 0.25) is 10.0 Å². The number of carbonyl (C=O) groups is 4. The van der Waals surface area contributed by atoms with Gasteiger partial charge in [-0.3, -0.25) is 38.9 Å². The molecule has 6 aliphatic rings. The lowest BCUT2D eigenvalue weighted by Crippen LogP contribution is -2.60. The number of hydrogen-bond acceptors (Lipinski definition) is 7. The van der Waals surface area contributed by atoms with Gasteiger partial charge in [-0.05, 0) is 124 Å². The fourth-order valence-corrected chi connectivity index (χ4v) is 13.1. The van der Waals surface area contributed by atoms with E-state index < -0.39 is 40.7 Å². The lowest BCUT2D eigenvalue weighted by atomic mass is 9.55. The van der Waals surface area contributed by atoms with E-state index in [0.717, 1.165) is 88.5 Å². The molecule has 5 heterocycles. The zero-order valence-corrected chi connectivity index (χ0v) is 38.7. The van der Waals surface area contributed by atoms with Crippen LogP contribution in [0, 0.1) is 35.4 Å². The molecule has 346 valence electrons. The molecular formula is C51H56Cl2FN7O5. The van der Waals surface area contributed by atoms with Gasteiger partial charge in [0, 0.05) is 54.6 Å². The monoisotopic (exact) mass is 935 g/mol. The smallest absolute Gasteiger partial charge is 0.329 e. The molecule has 1 unspecified atom stereocenters. The average Bonchev–Trinajstić information content (AvgIpc) is 3.87. The Morgan fingerprint density at radius 3 is 2.39 bits per heavy atom. The molecule has 4 N–H and O–H groups in total. The van der Waals surface area contributed by atoms with Crippen LogP contribution >= 0.6 is 23.2 Å². The van der Waals surface area contributed by atoms with Gasteiger partial charge in [0.1, 0.15) is 17.3 Å². The Morgan fingerprint density at radius 1 is 0.894 bits per heavy atom. The van der Waals surface area contributed by atoms with E-state index in [0.29, 0.717) is 53.0 Å². The molecule has 0 bridgehead atoms. The molecule has 2 spiro atoms. The van der Waals surface area contributed by atoms with Crippen LogP contribution < -0.4 is 27.0 Å². The van der Waals surface area contributed by atoms with Crippen LogP contribution in [0.3, 0.4) is 0 Å². The maximum absolute atomic E-state index is 16.3. The molecule has 0 radical (unpaired) electrons. The van der Waals surface area contributed by atoms with Crippen LogP contribution in [0.4, 0.5) is 10.1 Å². The number of fused-ring (bicyclic) bond motifs is 4. The van der Waals surface area contributed by atoms with E-state index in [-0.39, 0.29) is 52.8 Å². The molecule has 2 saturated carbocycles. The number of hydrogen-bond donors (Lipinski definition) is 4. The van der Waals surface area contributed by atoms with Gasteiger partial charge in [-0.25, -0.2) is 9.18 Å². The van der Waals surface area contributed by atoms with Crippen molar-refractivity contribution in [3.05, 3.63) is 97.6 Å². The number of anilines is 1. The van der Waals surface area contributed by atoms with Crippen molar-refractivity contribution in [3.8, 4) is 11.8 Å². The number of piperidine rings is 2. The van der Waals surface area contributed by atoms with E-state index in [1.807, 2.05) is 24.3 Å². The number of imidazole rings is 1. The van der Waals surface area contributed by atoms with E-state index in [4.69, 9.17) is 23.2 Å². The lowest BCUT2D eigenvalue weighted by molar-refractivity contribution is -0.135. The maximum atomic E-state index is 16.3. The van der Waals surface area contributed by atoms with Crippen molar-refractivity contribution in [2.45, 2.75) is 112 Å². The summed E-state index contributed by atoms with van der Waals surface area (Å²) < 4.78 is 19.4. The van der Waals surface area contributed by atoms with Crippen molar-refractivity contribution in [1.29, 1.82) is 0 Å². The van der Waals surface area contributed by atoms with Gasteiger partial charge >= 0.3 is 5.69 Å². The number of para-hydroxylation sites is 1. The number of aryl methyl sites for hydroxylation is 1. The zero-order valence-electron chi connectivity index (χ0n) is 37.2. The number of imide groups is 1. The summed E-state index contributed by atoms with van der Waals surface area (Å²) in [5.41, 5.74) is 1.34. The predicted molar refractivity (Wildman–Crippen MR) is 252 cm³/mol. The van der Waals surface area contributed by atoms with Gasteiger partial charge in [-0.1, -0.05) is 78.6 Å². The van der Waals surface area contributed by atoms with E-state index >= 15 is 4.39 Å². The summed E-state index contributed by atoms with van der Waals surface area (Å²) >= 11 is 12.9. The van der Waals surface area contributed by atoms with Crippen molar-refractivity contribution in [2.75, 3.05) is 31.5 Å². The first kappa shape index (κ1) is 44.8. The second-order valence-corrected chi connectivity index (χ2v) is 20.5. The normalized spacial score (nSPS) is 27.7. The molecular weight excluding hydrogens is 881 g/mol. The summed E-state index contributed by atoms with van der Waals surface area (Å²) in [6.07, 6.45) is 10.7. The molecule has 4 amide bonds. The number of aromatic nitrogens is 2. The van der Waals surface area contributed by atoms with E-state index in [1.54, 1.807) is 35.9 Å². The molecule has 1 aromatic heterocycles. The highest BCUT2D eigenvalue weighted by atomic mass is 35.5. The fourth-order valence-electron chi connectivity index (χ4n) is 12.8. The van der Waals surface area contributed by atoms with E-state index in [1.165, 1.54) is 10.6 Å². The number of amides is 4. The van der Waals surface area contributed by atoms with E-state index in [9.17, 15) is 24.0 Å². The predicted octanol–water partition coefficient (Wildman–Crippen LogP) is 7.10. The second kappa shape index (κ2) is 17.9. The topological polar surface area (TPSA) is 147 Å². The zero-order chi connectivity index (χ0) is 45.9. The number of nitrogens with one attached hydrogen (secondary N) is 4. The quantitative estimate of drug-likeness (QED) is 0.114. The highest BCUT2D eigenvalue weighted by Gasteiger charge is 2.72. The Balaban J connectivity index is 0.766. The third-order valence-corrected chi connectivity index (χ3v) is 16.5. The van der Waals surface area contributed by atoms with Gasteiger partial charge in [0.15, 0.2) is 0 Å². The highest BCUT2D eigenvalue weighted by Crippen LogP contribution is 2.63. The van der Waals surface area contributed by atoms with Crippen LogP contribution in [0.5, 0.6) is 0 Å². The highest BCUT2D eigenvalue weighted by molar-refractivity contribution is 6.31. The Kier molecular flexibility index (Phi) is 12.2. The molecule has 5 fully saturated rings. The summed E-state index contributed by atoms with van der Waals surface area (Å²) in [6.45, 7) is 3.48. The van der Waals surface area contributed by atoms with E-state index in [2.05, 4.69) is 38.0 Å². The summed E-state index contributed by atoms with van der Waals surface area (Å²) in [7, 11) is 1.70. The van der Waals surface area contributed by atoms with Crippen molar-refractivity contribution < 1.29 is 23.6 Å². The first-order valence-corrected chi connectivity index (χ1v) is 24.5. The number of benzene rings is 3. The lowest BCUT2D eigenvalue weighted by Gasteiger charge is -2.47. The average molecular weight is 937 g/mol. The first-order valence-electron chi connectivity index (χ1n) is 23.8. The number of halogens is 3. The molecule has 4 aliphatic heterocycles. The van der Waals surface area contributed by atoms with Crippen LogP contribution in [-0.2, 0) is 31.6 Å². The number of nitrogens with zero attached hydrogens (tertiary/aromatic N) is 3. The second-order valence-electron chi connectivity index (χ2n) is 19.7. The molecule has 10 rings (SSSR count). The molecule has 3 saturated heterocycles. The van der Waals surface area contributed by atoms with Crippen molar-refractivity contribution in [1.82, 2.24) is 30.0 Å². The Bertz CT molecular complexity index is 2740. The SMILES string of the molecule is Cn1c(=O)n(C2CCC(=O)NC2=O)c2cccc(C#CC3CCN(CC4CCC(CNC(=O)[C@@H]5NC6(CCCCC6)[C@@]6(C(=O)Nc7cc(Cl)ccc76)[C@H]5c5cccc(Cl)c5F)CC4)CC3)c21. The molecule has 3 aromatic carbocycles. The van der Waals surface area contributed by atoms with Crippen LogP contribution in [0.25, 0.3) is 11.0 Å². The summed E-state index contributed by atoms with van der Waals surface area (Å²) in [4.78, 5) is 69.7. The van der Waals surface area contributed by atoms with Crippen LogP contribution in [-0.4, -0.2) is 75.4 Å². The third-order valence-electron chi connectivity index (χ3n) is 16.0. The van der Waals surface area contributed by atoms with Gasteiger partial charge in [0.05, 0.1) is 27.7 Å². The van der Waals surface area contributed by atoms with Gasteiger partial charge < -0.3 is 15.5 Å². The number of rotatable bonds is 7. The molecule has 2 aliphatic carbocycles. The molecule has 12 nitrogen and oxygen atoms in total. The first-order chi connectivity index (χ1) is 31.9. The minimum Gasteiger partial charge on any atom is -0.354 e. The van der Waals surface area contributed by atoms with Crippen molar-refractivity contribution >= 4 is 63.6 Å². The van der Waals surface area contributed by atoms with Gasteiger partial charge in [-0.2, -0.15) is 0 Å². The minimum atomic E-state index is -1.26. The molecule has 66 heavy (non-hydrogen) atoms. The van der Waals surface area contributed by atoms with Crippen LogP contribution in [0.15, 0.2) is 59.4 Å². The largest absolute Gasteiger partial charge is 0.354 e. The fraction of sp³-hybridized carbons (Fsp3) is 0.510. The van der Waals surface area contributed by atoms with Crippen LogP contribution in [0.1, 0.15) is 112 Å². The van der Waals surface area contributed by atoms with Crippen molar-refractivity contribution in [2.24, 2.45) is 24.8 Å². The maximum Gasteiger partial charge on any atom is 0.329 e. The number of carbonyl (C=O) groups excluding carboxylic acids is 4. The van der Waals surface area contributed by atoms with Gasteiger partial charge in [0.25, 0.3) is 0 Å². The summed E-state index contributed by atoms with van der Waals surface area (Å²) in [5, 5.41) is 12.9. The number of likely N-dealkylation sites (tertiary alicyclic amines) is 1. The molecule has 4 aromatic rings. The van der Waals surface area contributed by atoms with Crippen molar-refractivity contribution in [3.63, 3.8) is 0 Å². The molecule has 15 heteroatoms. The standard InChI is InChI=1S/C51H56Cl2FN7O5/c1-59-45-33(7-5-10-39(45)61(49(59)66)40-19-20-41(62)57-46(40)63)16-15-30-21-25-60(26-22-30)29-32-13-11-31(12-14-32)28-55-47(64)44-42(35-8-6-9-37(53)43(35)54)51(50(58-44)23-3-2-4-24-50)36-18-17-34(52)27-38(36)56-48(51)65/h5-10,17-18,27,30-32,40,42,44,58H,2-4,11-14,19-26,28-29H2,1H3,(H,55,64)(H,56,65)(H,57,62,63)/t31?,32?,40?,42-,44+,51+/m0/s1. The minimum absolute atomic E-state index is 0.0440. The molecule has 4 atom stereocenters. The third kappa shape index (κ3) is 7.66. The van der Waals surface area contributed by atoms with Gasteiger partial charge in [0.2, 0.25) is 23.6 Å². The summed E-state index contributed by atoms with van der Waals surface area (Å²) in [6, 6.07) is 14.3. The summed E-state index contributed by atoms with van der Waals surface area (Å²) in [5.74, 6) is 5.28. The van der Waals surface area contributed by atoms with Gasteiger partial charge in [-0.15, -0.1) is 0 Å². The Hall–Kier alpha value is -5.00. The Labute approximate surface area is 393 Å². The Morgan fingerprint density at radius 2 is 1.64 bits per heavy atom.